The van der Waals surface area contributed by atoms with Crippen LogP contribution >= 0.6 is 0 Å². The molecular weight excluding hydrogens is 915 g/mol. The van der Waals surface area contributed by atoms with Crippen LogP contribution in [0, 0.1) is 0 Å². The third-order valence-corrected chi connectivity index (χ3v) is 15.2. The normalized spacial score (nSPS) is 13.3. The Labute approximate surface area is 469 Å². The van der Waals surface area contributed by atoms with Crippen molar-refractivity contribution in [3.05, 3.63) is 85.1 Å². The predicted octanol–water partition coefficient (Wildman–Crippen LogP) is 22.7. The molecule has 0 saturated heterocycles. The van der Waals surface area contributed by atoms with Gasteiger partial charge in [0.25, 0.3) is 0 Å². The molecule has 0 saturated carbocycles. The highest BCUT2D eigenvalue weighted by molar-refractivity contribution is 5.76. The summed E-state index contributed by atoms with van der Waals surface area (Å²) in [7, 11) is 0. The largest absolute Gasteiger partial charge is 0.394 e. The zero-order chi connectivity index (χ0) is 54.1. The molecule has 0 aliphatic heterocycles. The molecule has 0 spiro atoms. The van der Waals surface area contributed by atoms with Crippen molar-refractivity contribution >= 4 is 5.91 Å². The first-order valence-corrected chi connectivity index (χ1v) is 33.3. The number of carbonyl (C=O) groups is 1. The average molecular weight is 1040 g/mol. The monoisotopic (exact) mass is 1040 g/mol. The van der Waals surface area contributed by atoms with Gasteiger partial charge in [0.2, 0.25) is 5.91 Å². The van der Waals surface area contributed by atoms with E-state index in [4.69, 9.17) is 0 Å². The van der Waals surface area contributed by atoms with E-state index in [1.54, 1.807) is 0 Å². The zero-order valence-electron chi connectivity index (χ0n) is 50.3. The molecule has 0 aromatic carbocycles. The van der Waals surface area contributed by atoms with Gasteiger partial charge in [-0.2, -0.15) is 0 Å². The fourth-order valence-corrected chi connectivity index (χ4v) is 10.2. The summed E-state index contributed by atoms with van der Waals surface area (Å²) in [5.74, 6) is -0.0307. The zero-order valence-corrected chi connectivity index (χ0v) is 50.3. The molecule has 1 amide bonds. The second-order valence-electron chi connectivity index (χ2n) is 22.5. The van der Waals surface area contributed by atoms with Gasteiger partial charge in [-0.15, -0.1) is 0 Å². The SMILES string of the molecule is CC/C=C\C/C=C\C/C=C\C/C=C\C/C=C\C/C=C\C/C=C\CCCCCCCCCCCCCCCC(=O)NC(CO)C(O)CCCCCCCCCCCCCCCCCCCCCCCCCCCCCC. The summed E-state index contributed by atoms with van der Waals surface area (Å²) in [6, 6.07) is -0.543. The smallest absolute Gasteiger partial charge is 0.220 e. The van der Waals surface area contributed by atoms with E-state index in [9.17, 15) is 15.0 Å². The van der Waals surface area contributed by atoms with E-state index < -0.39 is 12.1 Å². The number of allylic oxidation sites excluding steroid dienone is 14. The van der Waals surface area contributed by atoms with Crippen LogP contribution in [0.25, 0.3) is 0 Å². The molecular formula is C71H129NO3. The Morgan fingerprint density at radius 2 is 0.587 bits per heavy atom. The first kappa shape index (κ1) is 72.6. The Balaban J connectivity index is 3.47. The molecule has 75 heavy (non-hydrogen) atoms. The van der Waals surface area contributed by atoms with Crippen LogP contribution in [0.2, 0.25) is 0 Å². The second-order valence-corrected chi connectivity index (χ2v) is 22.5. The maximum atomic E-state index is 12.6. The lowest BCUT2D eigenvalue weighted by molar-refractivity contribution is -0.123. The van der Waals surface area contributed by atoms with Gasteiger partial charge in [-0.25, -0.2) is 0 Å². The minimum absolute atomic E-state index is 0.0307. The standard InChI is InChI=1S/C71H129NO3/c1-3-5-7-9-11-13-15-17-19-21-23-25-27-29-31-33-34-35-36-37-38-39-41-43-45-47-49-51-53-55-57-59-61-63-65-67-71(75)72-69(68-73)70(74)66-64-62-60-58-56-54-52-50-48-46-44-42-40-32-30-28-26-24-22-20-18-16-14-12-10-8-6-4-2/h5,7,11,13,17,19,23,25,29,31,34-35,37-38,69-70,73-74H,3-4,6,8-10,12,14-16,18,20-22,24,26-28,30,32-33,36,39-68H2,1-2H3,(H,72,75)/b7-5-,13-11-,19-17-,25-23-,31-29-,35-34-,38-37-. The number of nitrogens with one attached hydrogen (secondary N) is 1. The van der Waals surface area contributed by atoms with Crippen molar-refractivity contribution in [2.45, 2.75) is 353 Å². The van der Waals surface area contributed by atoms with Crippen LogP contribution < -0.4 is 5.32 Å². The third kappa shape index (κ3) is 62.3. The van der Waals surface area contributed by atoms with Crippen LogP contribution in [-0.2, 0) is 4.79 Å². The summed E-state index contributed by atoms with van der Waals surface area (Å²) in [4.78, 5) is 12.6. The fourth-order valence-electron chi connectivity index (χ4n) is 10.2. The van der Waals surface area contributed by atoms with Crippen LogP contribution in [0.3, 0.4) is 0 Å². The Kier molecular flexibility index (Phi) is 63.7. The molecule has 0 fully saturated rings. The second kappa shape index (κ2) is 65.9. The van der Waals surface area contributed by atoms with E-state index >= 15 is 0 Å². The molecule has 4 nitrogen and oxygen atoms in total. The summed E-state index contributed by atoms with van der Waals surface area (Å²) in [6.07, 6.45) is 96.1. The highest BCUT2D eigenvalue weighted by Gasteiger charge is 2.20. The quantitative estimate of drug-likeness (QED) is 0.0420. The molecule has 3 N–H and O–H groups in total. The molecule has 0 radical (unpaired) electrons. The number of carbonyl (C=O) groups excluding carboxylic acids is 1. The number of aliphatic hydroxyl groups excluding tert-OH is 2. The van der Waals surface area contributed by atoms with Crippen molar-refractivity contribution in [1.29, 1.82) is 0 Å². The number of amides is 1. The van der Waals surface area contributed by atoms with E-state index in [-0.39, 0.29) is 12.5 Å². The van der Waals surface area contributed by atoms with Gasteiger partial charge in [-0.3, -0.25) is 4.79 Å². The van der Waals surface area contributed by atoms with E-state index in [0.717, 1.165) is 70.6 Å². The maximum absolute atomic E-state index is 12.6. The number of hydrogen-bond donors (Lipinski definition) is 3. The van der Waals surface area contributed by atoms with Crippen LogP contribution in [0.4, 0.5) is 0 Å². The molecule has 0 aliphatic rings. The third-order valence-electron chi connectivity index (χ3n) is 15.2. The van der Waals surface area contributed by atoms with E-state index in [1.807, 2.05) is 0 Å². The van der Waals surface area contributed by atoms with Gasteiger partial charge in [0.1, 0.15) is 0 Å². The first-order chi connectivity index (χ1) is 37.2. The van der Waals surface area contributed by atoms with E-state index in [2.05, 4.69) is 104 Å². The molecule has 0 bridgehead atoms. The maximum Gasteiger partial charge on any atom is 0.220 e. The fraction of sp³-hybridized carbons (Fsp3) is 0.789. The van der Waals surface area contributed by atoms with Gasteiger partial charge in [-0.05, 0) is 70.6 Å². The van der Waals surface area contributed by atoms with Crippen molar-refractivity contribution < 1.29 is 15.0 Å². The van der Waals surface area contributed by atoms with Crippen molar-refractivity contribution in [3.8, 4) is 0 Å². The van der Waals surface area contributed by atoms with Gasteiger partial charge >= 0.3 is 0 Å². The van der Waals surface area contributed by atoms with Crippen molar-refractivity contribution in [3.63, 3.8) is 0 Å². The minimum Gasteiger partial charge on any atom is -0.394 e. The lowest BCUT2D eigenvalue weighted by Gasteiger charge is -2.22. The lowest BCUT2D eigenvalue weighted by atomic mass is 10.0. The van der Waals surface area contributed by atoms with Gasteiger partial charge < -0.3 is 15.5 Å². The highest BCUT2D eigenvalue weighted by atomic mass is 16.3. The van der Waals surface area contributed by atoms with Gasteiger partial charge in [0, 0.05) is 6.42 Å². The lowest BCUT2D eigenvalue weighted by Crippen LogP contribution is -2.45. The summed E-state index contributed by atoms with van der Waals surface area (Å²) in [5.41, 5.74) is 0. The molecule has 4 heteroatoms. The van der Waals surface area contributed by atoms with Crippen LogP contribution in [-0.4, -0.2) is 34.9 Å². The molecule has 0 aromatic rings. The Morgan fingerprint density at radius 3 is 0.880 bits per heavy atom. The molecule has 0 rings (SSSR count). The Bertz CT molecular complexity index is 1320. The first-order valence-electron chi connectivity index (χ1n) is 33.3. The summed E-state index contributed by atoms with van der Waals surface area (Å²) in [6.45, 7) is 4.27. The van der Waals surface area contributed by atoms with E-state index in [1.165, 1.54) is 244 Å². The number of rotatable bonds is 61. The van der Waals surface area contributed by atoms with Gasteiger partial charge in [0.15, 0.2) is 0 Å². The van der Waals surface area contributed by atoms with Crippen molar-refractivity contribution in [2.24, 2.45) is 0 Å². The number of unbranched alkanes of at least 4 members (excludes halogenated alkanes) is 40. The molecule has 0 aromatic heterocycles. The molecule has 2 atom stereocenters. The summed E-state index contributed by atoms with van der Waals surface area (Å²) >= 11 is 0. The van der Waals surface area contributed by atoms with Crippen LogP contribution in [0.5, 0.6) is 0 Å². The van der Waals surface area contributed by atoms with E-state index in [0.29, 0.717) is 12.8 Å². The summed E-state index contributed by atoms with van der Waals surface area (Å²) in [5, 5.41) is 23.5. The molecule has 0 heterocycles. The molecule has 436 valence electrons. The number of hydrogen-bond acceptors (Lipinski definition) is 3. The average Bonchev–Trinajstić information content (AvgIpc) is 3.41. The highest BCUT2D eigenvalue weighted by Crippen LogP contribution is 2.18. The van der Waals surface area contributed by atoms with Crippen molar-refractivity contribution in [1.82, 2.24) is 5.32 Å². The Morgan fingerprint density at radius 1 is 0.333 bits per heavy atom. The Hall–Kier alpha value is -2.43. The molecule has 2 unspecified atom stereocenters. The van der Waals surface area contributed by atoms with Crippen LogP contribution in [0.15, 0.2) is 85.1 Å². The van der Waals surface area contributed by atoms with Crippen LogP contribution in [0.1, 0.15) is 341 Å². The minimum atomic E-state index is -0.666. The predicted molar refractivity (Wildman–Crippen MR) is 336 cm³/mol. The topological polar surface area (TPSA) is 69.6 Å². The molecule has 0 aliphatic carbocycles. The van der Waals surface area contributed by atoms with Gasteiger partial charge in [0.05, 0.1) is 18.8 Å². The summed E-state index contributed by atoms with van der Waals surface area (Å²) < 4.78 is 0. The van der Waals surface area contributed by atoms with Gasteiger partial charge in [-0.1, -0.05) is 349 Å². The van der Waals surface area contributed by atoms with Crippen molar-refractivity contribution in [2.75, 3.05) is 6.61 Å². The number of aliphatic hydroxyl groups is 2.